The second-order valence-electron chi connectivity index (χ2n) is 5.45. The van der Waals surface area contributed by atoms with Crippen LogP contribution in [0.25, 0.3) is 0 Å². The Labute approximate surface area is 158 Å². The van der Waals surface area contributed by atoms with Crippen LogP contribution in [0.3, 0.4) is 0 Å². The molecule has 6 N–H and O–H groups in total. The molecule has 0 atom stereocenters. The van der Waals surface area contributed by atoms with E-state index in [1.807, 2.05) is 0 Å². The maximum Gasteiger partial charge on any atom is 0.259 e. The number of phenolic OH excluding ortho intramolecular Hbond substituents is 3. The van der Waals surface area contributed by atoms with Crippen LogP contribution in [0.15, 0.2) is 12.1 Å². The van der Waals surface area contributed by atoms with Crippen molar-refractivity contribution in [2.45, 2.75) is 13.8 Å². The average Bonchev–Trinajstić information content (AvgIpc) is 2.62. The third-order valence-corrected chi connectivity index (χ3v) is 3.68. The molecule has 27 heavy (non-hydrogen) atoms. The fraction of sp³-hybridized carbons (Fsp3) is 0.235. The van der Waals surface area contributed by atoms with E-state index in [1.165, 1.54) is 12.1 Å². The predicted molar refractivity (Wildman–Crippen MR) is 103 cm³/mol. The summed E-state index contributed by atoms with van der Waals surface area (Å²) in [5, 5.41) is 32.1. The molecule has 0 aromatic heterocycles. The van der Waals surface area contributed by atoms with Crippen LogP contribution < -0.4 is 31.4 Å². The van der Waals surface area contributed by atoms with Crippen molar-refractivity contribution in [2.75, 3.05) is 24.3 Å². The van der Waals surface area contributed by atoms with E-state index in [0.717, 1.165) is 0 Å². The molecule has 2 rings (SSSR count). The molecule has 0 unspecified atom stereocenters. The number of carbonyl (C=O) groups is 1. The lowest BCUT2D eigenvalue weighted by atomic mass is 9.80. The van der Waals surface area contributed by atoms with E-state index in [0.29, 0.717) is 24.7 Å². The van der Waals surface area contributed by atoms with E-state index in [-0.39, 0.29) is 11.4 Å². The lowest BCUT2D eigenvalue weighted by molar-refractivity contribution is 0.102. The van der Waals surface area contributed by atoms with Gasteiger partial charge in [-0.3, -0.25) is 4.79 Å². The number of rotatable bonds is 6. The first-order valence-electron chi connectivity index (χ1n) is 8.05. The van der Waals surface area contributed by atoms with Gasteiger partial charge >= 0.3 is 0 Å². The Morgan fingerprint density at radius 3 is 2.19 bits per heavy atom. The van der Waals surface area contributed by atoms with E-state index in [1.54, 1.807) is 13.8 Å². The molecule has 0 bridgehead atoms. The van der Waals surface area contributed by atoms with E-state index in [9.17, 15) is 20.1 Å². The number of nitrogens with one attached hydrogen (secondary N) is 1. The molecular weight excluding hydrogens is 350 g/mol. The van der Waals surface area contributed by atoms with Gasteiger partial charge in [0.1, 0.15) is 32.9 Å². The molecular formula is C17H18B2N2O6. The summed E-state index contributed by atoms with van der Waals surface area (Å²) >= 11 is 0. The molecule has 0 saturated carbocycles. The van der Waals surface area contributed by atoms with Gasteiger partial charge in [-0.05, 0) is 24.8 Å². The molecule has 0 saturated heterocycles. The Morgan fingerprint density at radius 1 is 1.00 bits per heavy atom. The van der Waals surface area contributed by atoms with Crippen LogP contribution in [0.4, 0.5) is 11.4 Å². The van der Waals surface area contributed by atoms with E-state index < -0.39 is 39.6 Å². The van der Waals surface area contributed by atoms with Crippen molar-refractivity contribution in [3.05, 3.63) is 17.7 Å². The predicted octanol–water partition coefficient (Wildman–Crippen LogP) is 0.0229. The van der Waals surface area contributed by atoms with Gasteiger partial charge in [-0.1, -0.05) is 0 Å². The molecule has 138 valence electrons. The lowest BCUT2D eigenvalue weighted by Crippen LogP contribution is -2.26. The Balaban J connectivity index is 2.51. The first kappa shape index (κ1) is 20.2. The average molecular weight is 368 g/mol. The normalized spacial score (nSPS) is 10.4. The molecule has 0 fully saturated rings. The summed E-state index contributed by atoms with van der Waals surface area (Å²) in [7, 11) is 11.1. The minimum Gasteiger partial charge on any atom is -0.509 e. The molecule has 4 radical (unpaired) electrons. The van der Waals surface area contributed by atoms with Crippen molar-refractivity contribution < 1.29 is 29.6 Å². The molecule has 0 aliphatic rings. The summed E-state index contributed by atoms with van der Waals surface area (Å²) in [6, 6.07) is 2.93. The second-order valence-corrected chi connectivity index (χ2v) is 5.45. The quantitative estimate of drug-likeness (QED) is 0.210. The van der Waals surface area contributed by atoms with Gasteiger partial charge in [-0.2, -0.15) is 0 Å². The number of anilines is 2. The molecule has 0 heterocycles. The zero-order valence-corrected chi connectivity index (χ0v) is 14.9. The van der Waals surface area contributed by atoms with Crippen LogP contribution in [0.2, 0.25) is 0 Å². The van der Waals surface area contributed by atoms with Crippen LogP contribution in [0, 0.1) is 0 Å². The highest BCUT2D eigenvalue weighted by Gasteiger charge is 2.24. The number of ether oxygens (including phenoxy) is 2. The largest absolute Gasteiger partial charge is 0.509 e. The molecule has 2 aromatic carbocycles. The number of nitrogens with two attached hydrogens (primary N) is 1. The highest BCUT2D eigenvalue weighted by Crippen LogP contribution is 2.36. The van der Waals surface area contributed by atoms with Gasteiger partial charge < -0.3 is 35.8 Å². The van der Waals surface area contributed by atoms with Gasteiger partial charge in [0.05, 0.1) is 30.2 Å². The van der Waals surface area contributed by atoms with Crippen molar-refractivity contribution in [3.63, 3.8) is 0 Å². The van der Waals surface area contributed by atoms with Gasteiger partial charge in [-0.25, -0.2) is 0 Å². The number of hydrogen-bond acceptors (Lipinski definition) is 7. The number of carbonyl (C=O) groups excluding carboxylic acids is 1. The minimum absolute atomic E-state index is 0.189. The fourth-order valence-corrected chi connectivity index (χ4v) is 2.39. The van der Waals surface area contributed by atoms with Crippen molar-refractivity contribution >= 4 is 43.9 Å². The number of phenols is 3. The van der Waals surface area contributed by atoms with E-state index in [2.05, 4.69) is 5.32 Å². The Hall–Kier alpha value is -3.16. The lowest BCUT2D eigenvalue weighted by Gasteiger charge is -2.18. The number of hydrogen-bond donors (Lipinski definition) is 5. The van der Waals surface area contributed by atoms with Gasteiger partial charge in [0.2, 0.25) is 0 Å². The van der Waals surface area contributed by atoms with Crippen LogP contribution in [-0.2, 0) is 0 Å². The maximum absolute atomic E-state index is 12.6. The Kier molecular flexibility index (Phi) is 5.99. The molecule has 0 aliphatic heterocycles. The topological polar surface area (TPSA) is 134 Å². The first-order chi connectivity index (χ1) is 12.7. The fourth-order valence-electron chi connectivity index (χ4n) is 2.39. The third-order valence-electron chi connectivity index (χ3n) is 3.68. The highest BCUT2D eigenvalue weighted by molar-refractivity contribution is 6.46. The van der Waals surface area contributed by atoms with Crippen molar-refractivity contribution in [2.24, 2.45) is 0 Å². The van der Waals surface area contributed by atoms with Crippen LogP contribution in [-0.4, -0.2) is 50.1 Å². The highest BCUT2D eigenvalue weighted by atomic mass is 16.5. The molecule has 10 heteroatoms. The SMILES string of the molecule is [B]c1c(O)c([B])c(C(=O)Nc2cc(OCC)c(N)cc2OCC)c(O)c1O. The summed E-state index contributed by atoms with van der Waals surface area (Å²) in [5.41, 5.74) is 4.82. The summed E-state index contributed by atoms with van der Waals surface area (Å²) in [6.07, 6.45) is 0. The monoisotopic (exact) mass is 368 g/mol. The maximum atomic E-state index is 12.6. The number of aromatic hydroxyl groups is 3. The number of nitrogen functional groups attached to an aromatic ring is 1. The molecule has 1 amide bonds. The second kappa shape index (κ2) is 8.03. The minimum atomic E-state index is -0.913. The van der Waals surface area contributed by atoms with Gasteiger partial charge in [0, 0.05) is 12.1 Å². The standard InChI is InChI=1S/C17H18B2N2O6/c1-3-26-9-6-8(10(27-4-2)5-7(9)20)21-17(25)11-12(18)15(23)13(19)16(24)14(11)22/h5-6,22-24H,3-4,20H2,1-2H3,(H,21,25). The Bertz CT molecular complexity index is 859. The summed E-state index contributed by atoms with van der Waals surface area (Å²) < 4.78 is 10.8. The Morgan fingerprint density at radius 2 is 1.59 bits per heavy atom. The summed E-state index contributed by atoms with van der Waals surface area (Å²) in [4.78, 5) is 12.6. The zero-order valence-electron chi connectivity index (χ0n) is 14.9. The molecule has 8 nitrogen and oxygen atoms in total. The van der Waals surface area contributed by atoms with E-state index in [4.69, 9.17) is 30.9 Å². The summed E-state index contributed by atoms with van der Waals surface area (Å²) in [6.45, 7) is 4.16. The van der Waals surface area contributed by atoms with E-state index >= 15 is 0 Å². The van der Waals surface area contributed by atoms with Gasteiger partial charge in [0.25, 0.3) is 5.91 Å². The van der Waals surface area contributed by atoms with Crippen molar-refractivity contribution in [1.82, 2.24) is 0 Å². The number of amides is 1. The van der Waals surface area contributed by atoms with Crippen LogP contribution >= 0.6 is 0 Å². The van der Waals surface area contributed by atoms with Gasteiger partial charge in [0.15, 0.2) is 11.5 Å². The number of benzene rings is 2. The third kappa shape index (κ3) is 3.84. The van der Waals surface area contributed by atoms with Crippen LogP contribution in [0.1, 0.15) is 24.2 Å². The molecule has 0 aliphatic carbocycles. The zero-order chi connectivity index (χ0) is 20.3. The molecule has 2 aromatic rings. The van der Waals surface area contributed by atoms with Crippen LogP contribution in [0.5, 0.6) is 28.7 Å². The molecule has 0 spiro atoms. The van der Waals surface area contributed by atoms with Gasteiger partial charge in [-0.15, -0.1) is 0 Å². The van der Waals surface area contributed by atoms with Crippen molar-refractivity contribution in [1.29, 1.82) is 0 Å². The first-order valence-corrected chi connectivity index (χ1v) is 8.05. The smallest absolute Gasteiger partial charge is 0.259 e. The van der Waals surface area contributed by atoms with Crippen molar-refractivity contribution in [3.8, 4) is 28.7 Å². The summed E-state index contributed by atoms with van der Waals surface area (Å²) in [5.74, 6) is -2.77.